The molecule has 3 nitrogen and oxygen atoms in total. The van der Waals surface area contributed by atoms with E-state index in [1.54, 1.807) is 0 Å². The molecule has 0 N–H and O–H groups in total. The highest BCUT2D eigenvalue weighted by atomic mass is 79.9. The predicted molar refractivity (Wildman–Crippen MR) is 66.1 cm³/mol. The van der Waals surface area contributed by atoms with Gasteiger partial charge in [-0.3, -0.25) is 4.79 Å². The number of halogens is 4. The van der Waals surface area contributed by atoms with Crippen molar-refractivity contribution in [3.05, 3.63) is 27.7 Å². The second-order valence-electron chi connectivity index (χ2n) is 3.32. The Hall–Kier alpha value is -0.880. The lowest BCUT2D eigenvalue weighted by Gasteiger charge is -2.12. The lowest BCUT2D eigenvalue weighted by Crippen LogP contribution is -2.08. The maximum absolute atomic E-state index is 12.2. The van der Waals surface area contributed by atoms with E-state index in [1.807, 2.05) is 0 Å². The molecule has 1 rings (SSSR count). The van der Waals surface area contributed by atoms with Gasteiger partial charge in [0, 0.05) is 5.88 Å². The maximum atomic E-state index is 12.2. The monoisotopic (exact) mass is 342 g/mol. The molecule has 0 aliphatic rings. The average Bonchev–Trinajstić information content (AvgIpc) is 2.31. The Morgan fingerprint density at radius 1 is 1.44 bits per heavy atom. The number of alkyl halides is 3. The molecule has 1 aromatic carbocycles. The maximum Gasteiger partial charge on any atom is 0.387 e. The Labute approximate surface area is 116 Å². The molecule has 1 aromatic rings. The van der Waals surface area contributed by atoms with Crippen molar-refractivity contribution in [2.45, 2.75) is 18.9 Å². The van der Waals surface area contributed by atoms with E-state index in [2.05, 4.69) is 25.4 Å². The predicted octanol–water partition coefficient (Wildman–Crippen LogP) is 3.50. The van der Waals surface area contributed by atoms with Crippen LogP contribution in [0.5, 0.6) is 5.75 Å². The van der Waals surface area contributed by atoms with Crippen molar-refractivity contribution in [3.8, 4) is 5.75 Å². The number of rotatable bonds is 5. The zero-order valence-corrected chi connectivity index (χ0v) is 11.7. The van der Waals surface area contributed by atoms with Crippen molar-refractivity contribution in [1.29, 1.82) is 0 Å². The van der Waals surface area contributed by atoms with Crippen LogP contribution in [0.3, 0.4) is 0 Å². The molecule has 0 aliphatic heterocycles. The van der Waals surface area contributed by atoms with Crippen LogP contribution < -0.4 is 4.74 Å². The highest BCUT2D eigenvalue weighted by Gasteiger charge is 2.14. The minimum atomic E-state index is -2.92. The van der Waals surface area contributed by atoms with Crippen LogP contribution in [0.4, 0.5) is 8.78 Å². The molecule has 0 atom stereocenters. The van der Waals surface area contributed by atoms with Crippen molar-refractivity contribution in [2.24, 2.45) is 0 Å². The summed E-state index contributed by atoms with van der Waals surface area (Å²) in [4.78, 5) is 11.2. The van der Waals surface area contributed by atoms with Crippen LogP contribution in [0.1, 0.15) is 11.1 Å². The van der Waals surface area contributed by atoms with Crippen molar-refractivity contribution in [2.75, 3.05) is 7.11 Å². The van der Waals surface area contributed by atoms with E-state index in [9.17, 15) is 13.6 Å². The van der Waals surface area contributed by atoms with Gasteiger partial charge in [-0.25, -0.2) is 0 Å². The molecule has 0 bridgehead atoms. The van der Waals surface area contributed by atoms with Gasteiger partial charge in [0.15, 0.2) is 0 Å². The molecule has 0 saturated heterocycles. The summed E-state index contributed by atoms with van der Waals surface area (Å²) in [6, 6.07) is 2.90. The van der Waals surface area contributed by atoms with E-state index < -0.39 is 12.6 Å². The highest BCUT2D eigenvalue weighted by Crippen LogP contribution is 2.31. The van der Waals surface area contributed by atoms with E-state index in [4.69, 9.17) is 11.6 Å². The first kappa shape index (κ1) is 15.2. The molecule has 100 valence electrons. The Balaban J connectivity index is 3.06. The SMILES string of the molecule is COC(=O)Cc1cc(Br)c(OC(F)F)cc1CCl. The van der Waals surface area contributed by atoms with Crippen LogP contribution in [0.25, 0.3) is 0 Å². The fourth-order valence-electron chi connectivity index (χ4n) is 1.34. The normalized spacial score (nSPS) is 10.6. The van der Waals surface area contributed by atoms with E-state index >= 15 is 0 Å². The summed E-state index contributed by atoms with van der Waals surface area (Å²) < 4.78 is 33.5. The zero-order chi connectivity index (χ0) is 13.7. The summed E-state index contributed by atoms with van der Waals surface area (Å²) in [5.41, 5.74) is 1.14. The average molecular weight is 344 g/mol. The summed E-state index contributed by atoms with van der Waals surface area (Å²) in [6.07, 6.45) is 0.0200. The Morgan fingerprint density at radius 2 is 2.11 bits per heavy atom. The second-order valence-corrected chi connectivity index (χ2v) is 4.44. The molecular formula is C11H10BrClF2O3. The molecule has 0 radical (unpaired) electrons. The third kappa shape index (κ3) is 4.10. The van der Waals surface area contributed by atoms with E-state index in [-0.39, 0.29) is 18.1 Å². The molecule has 18 heavy (non-hydrogen) atoms. The van der Waals surface area contributed by atoms with Gasteiger partial charge in [-0.2, -0.15) is 8.78 Å². The molecular weight excluding hydrogens is 333 g/mol. The number of ether oxygens (including phenoxy) is 2. The number of carbonyl (C=O) groups is 1. The van der Waals surface area contributed by atoms with Gasteiger partial charge in [0.25, 0.3) is 0 Å². The third-order valence-electron chi connectivity index (χ3n) is 2.18. The lowest BCUT2D eigenvalue weighted by molar-refractivity contribution is -0.139. The van der Waals surface area contributed by atoms with Crippen molar-refractivity contribution in [1.82, 2.24) is 0 Å². The van der Waals surface area contributed by atoms with Crippen molar-refractivity contribution >= 4 is 33.5 Å². The second kappa shape index (κ2) is 6.89. The molecule has 0 unspecified atom stereocenters. The van der Waals surface area contributed by atoms with Gasteiger partial charge in [-0.15, -0.1) is 11.6 Å². The van der Waals surface area contributed by atoms with Gasteiger partial charge >= 0.3 is 12.6 Å². The van der Waals surface area contributed by atoms with Crippen LogP contribution in [-0.4, -0.2) is 19.7 Å². The Morgan fingerprint density at radius 3 is 2.61 bits per heavy atom. The van der Waals surface area contributed by atoms with Gasteiger partial charge in [0.1, 0.15) is 5.75 Å². The molecule has 0 aromatic heterocycles. The number of carbonyl (C=O) groups excluding carboxylic acids is 1. The minimum Gasteiger partial charge on any atom is -0.469 e. The van der Waals surface area contributed by atoms with Gasteiger partial charge in [-0.05, 0) is 39.2 Å². The van der Waals surface area contributed by atoms with E-state index in [0.29, 0.717) is 15.6 Å². The van der Waals surface area contributed by atoms with Gasteiger partial charge in [0.2, 0.25) is 0 Å². The number of benzene rings is 1. The van der Waals surface area contributed by atoms with Gasteiger partial charge in [0.05, 0.1) is 18.0 Å². The molecule has 0 amide bonds. The van der Waals surface area contributed by atoms with Crippen molar-refractivity contribution < 1.29 is 23.0 Å². The fourth-order valence-corrected chi connectivity index (χ4v) is 2.07. The van der Waals surface area contributed by atoms with Crippen LogP contribution in [-0.2, 0) is 21.8 Å². The summed E-state index contributed by atoms with van der Waals surface area (Å²) in [5, 5.41) is 0. The largest absolute Gasteiger partial charge is 0.469 e. The Kier molecular flexibility index (Phi) is 5.81. The van der Waals surface area contributed by atoms with Gasteiger partial charge in [-0.1, -0.05) is 0 Å². The molecule has 7 heteroatoms. The summed E-state index contributed by atoms with van der Waals surface area (Å²) >= 11 is 8.81. The smallest absolute Gasteiger partial charge is 0.387 e. The number of hydrogen-bond donors (Lipinski definition) is 0. The van der Waals surface area contributed by atoms with Crippen LogP contribution in [0, 0.1) is 0 Å². The highest BCUT2D eigenvalue weighted by molar-refractivity contribution is 9.10. The zero-order valence-electron chi connectivity index (χ0n) is 9.38. The van der Waals surface area contributed by atoms with Crippen LogP contribution >= 0.6 is 27.5 Å². The first-order valence-electron chi connectivity index (χ1n) is 4.86. The number of esters is 1. The third-order valence-corrected chi connectivity index (χ3v) is 3.08. The topological polar surface area (TPSA) is 35.5 Å². The van der Waals surface area contributed by atoms with Crippen molar-refractivity contribution in [3.63, 3.8) is 0 Å². The Bertz CT molecular complexity index is 441. The van der Waals surface area contributed by atoms with Crippen LogP contribution in [0.2, 0.25) is 0 Å². The lowest BCUT2D eigenvalue weighted by atomic mass is 10.1. The van der Waals surface area contributed by atoms with Crippen LogP contribution in [0.15, 0.2) is 16.6 Å². The summed E-state index contributed by atoms with van der Waals surface area (Å²) in [7, 11) is 1.27. The van der Waals surface area contributed by atoms with E-state index in [0.717, 1.165) is 0 Å². The molecule has 0 saturated carbocycles. The molecule has 0 fully saturated rings. The fraction of sp³-hybridized carbons (Fsp3) is 0.364. The number of methoxy groups -OCH3 is 1. The number of hydrogen-bond acceptors (Lipinski definition) is 3. The minimum absolute atomic E-state index is 0.0192. The summed E-state index contributed by atoms with van der Waals surface area (Å²) in [6.45, 7) is -2.92. The van der Waals surface area contributed by atoms with E-state index in [1.165, 1.54) is 19.2 Å². The van der Waals surface area contributed by atoms with Gasteiger partial charge < -0.3 is 9.47 Å². The molecule has 0 aliphatic carbocycles. The summed E-state index contributed by atoms with van der Waals surface area (Å²) in [5.74, 6) is -0.371. The molecule has 0 heterocycles. The first-order chi connectivity index (χ1) is 8.47. The first-order valence-corrected chi connectivity index (χ1v) is 6.19. The standard InChI is InChI=1S/C11H10BrClF2O3/c1-17-10(16)4-6-2-8(12)9(18-11(14)15)3-7(6)5-13/h2-3,11H,4-5H2,1H3. The molecule has 0 spiro atoms. The quantitative estimate of drug-likeness (QED) is 0.606.